The number of halogens is 2. The maximum Gasteiger partial charge on any atom is 0.333 e. The molecule has 0 saturated carbocycles. The van der Waals surface area contributed by atoms with Crippen LogP contribution in [0.4, 0.5) is 0 Å². The molecule has 0 aliphatic rings. The van der Waals surface area contributed by atoms with Crippen molar-refractivity contribution in [2.75, 3.05) is 0 Å². The highest BCUT2D eigenvalue weighted by molar-refractivity contribution is 6.42. The first-order valence-electron chi connectivity index (χ1n) is 5.75. The fourth-order valence-corrected chi connectivity index (χ4v) is 2.32. The number of hydrogen-bond donors (Lipinski definition) is 1. The van der Waals surface area contributed by atoms with E-state index < -0.39 is 11.2 Å². The van der Waals surface area contributed by atoms with E-state index in [0.29, 0.717) is 15.6 Å². The predicted molar refractivity (Wildman–Crippen MR) is 77.9 cm³/mol. The minimum atomic E-state index is -0.589. The van der Waals surface area contributed by atoms with E-state index in [2.05, 4.69) is 0 Å². The molecule has 0 unspecified atom stereocenters. The maximum atomic E-state index is 12.1. The van der Waals surface area contributed by atoms with E-state index in [9.17, 15) is 14.7 Å². The molecule has 0 aliphatic heterocycles. The Balaban J connectivity index is 2.64. The molecule has 20 heavy (non-hydrogen) atoms. The number of aromatic nitrogens is 2. The number of rotatable bonds is 2. The normalized spacial score (nSPS) is 10.8. The summed E-state index contributed by atoms with van der Waals surface area (Å²) in [6.07, 6.45) is 0.0893. The molecular weight excluding hydrogens is 303 g/mol. The summed E-state index contributed by atoms with van der Waals surface area (Å²) in [5, 5.41) is 10.7. The Morgan fingerprint density at radius 3 is 2.45 bits per heavy atom. The molecule has 7 heteroatoms. The summed E-state index contributed by atoms with van der Waals surface area (Å²) in [5.41, 5.74) is -0.445. The van der Waals surface area contributed by atoms with Crippen molar-refractivity contribution >= 4 is 23.2 Å². The predicted octanol–water partition coefficient (Wildman–Crippen LogP) is 1.69. The minimum absolute atomic E-state index is 0.0893. The Morgan fingerprint density at radius 2 is 1.80 bits per heavy atom. The van der Waals surface area contributed by atoms with Gasteiger partial charge in [-0.3, -0.25) is 13.9 Å². The van der Waals surface area contributed by atoms with Gasteiger partial charge in [0.15, 0.2) is 0 Å². The third-order valence-corrected chi connectivity index (χ3v) is 3.98. The minimum Gasteiger partial charge on any atom is -0.494 e. The van der Waals surface area contributed by atoms with Gasteiger partial charge in [0.05, 0.1) is 15.6 Å². The molecule has 0 radical (unpaired) electrons. The molecule has 0 amide bonds. The van der Waals surface area contributed by atoms with Crippen LogP contribution >= 0.6 is 23.2 Å². The lowest BCUT2D eigenvalue weighted by Crippen LogP contribution is -2.38. The van der Waals surface area contributed by atoms with Crippen molar-refractivity contribution in [3.05, 3.63) is 60.2 Å². The van der Waals surface area contributed by atoms with Crippen molar-refractivity contribution in [2.24, 2.45) is 14.1 Å². The average Bonchev–Trinajstić information content (AvgIpc) is 2.43. The molecule has 1 aromatic carbocycles. The molecule has 106 valence electrons. The van der Waals surface area contributed by atoms with Crippen LogP contribution in [0.3, 0.4) is 0 Å². The van der Waals surface area contributed by atoms with E-state index >= 15 is 0 Å². The van der Waals surface area contributed by atoms with Crippen LogP contribution in [0, 0.1) is 0 Å². The molecular formula is C13H12Cl2N2O3. The van der Waals surface area contributed by atoms with Crippen molar-refractivity contribution in [1.82, 2.24) is 9.13 Å². The highest BCUT2D eigenvalue weighted by Gasteiger charge is 2.16. The zero-order valence-electron chi connectivity index (χ0n) is 10.9. The average molecular weight is 315 g/mol. The SMILES string of the molecule is Cn1c(O)c(Cc2cccc(Cl)c2Cl)c(=O)n(C)c1=O. The maximum absolute atomic E-state index is 12.1. The monoisotopic (exact) mass is 314 g/mol. The molecule has 0 spiro atoms. The van der Waals surface area contributed by atoms with Gasteiger partial charge in [0, 0.05) is 20.5 Å². The summed E-state index contributed by atoms with van der Waals surface area (Å²) in [6.45, 7) is 0. The lowest BCUT2D eigenvalue weighted by atomic mass is 10.1. The van der Waals surface area contributed by atoms with Crippen LogP contribution in [0.5, 0.6) is 5.88 Å². The number of nitrogens with zero attached hydrogens (tertiary/aromatic N) is 2. The molecule has 1 aromatic heterocycles. The van der Waals surface area contributed by atoms with Gasteiger partial charge in [-0.05, 0) is 11.6 Å². The summed E-state index contributed by atoms with van der Waals surface area (Å²) in [5.74, 6) is -0.367. The van der Waals surface area contributed by atoms with Gasteiger partial charge in [0.2, 0.25) is 5.88 Å². The molecule has 2 rings (SSSR count). The van der Waals surface area contributed by atoms with Crippen LogP contribution in [0.2, 0.25) is 10.0 Å². The highest BCUT2D eigenvalue weighted by atomic mass is 35.5. The van der Waals surface area contributed by atoms with Crippen LogP contribution in [0.1, 0.15) is 11.1 Å². The van der Waals surface area contributed by atoms with Gasteiger partial charge in [0.25, 0.3) is 5.56 Å². The smallest absolute Gasteiger partial charge is 0.333 e. The number of aromatic hydroxyl groups is 1. The quantitative estimate of drug-likeness (QED) is 0.917. The molecule has 0 aliphatic carbocycles. The first-order valence-corrected chi connectivity index (χ1v) is 6.51. The standard InChI is InChI=1S/C13H12Cl2N2O3/c1-16-11(18)8(12(19)17(2)13(16)20)6-7-4-3-5-9(14)10(7)15/h3-5,18H,6H2,1-2H3. The van der Waals surface area contributed by atoms with E-state index in [4.69, 9.17) is 23.2 Å². The van der Waals surface area contributed by atoms with E-state index in [1.165, 1.54) is 14.1 Å². The van der Waals surface area contributed by atoms with E-state index in [-0.39, 0.29) is 17.9 Å². The first kappa shape index (κ1) is 14.7. The summed E-state index contributed by atoms with van der Waals surface area (Å²) >= 11 is 12.0. The van der Waals surface area contributed by atoms with Gasteiger partial charge in [-0.25, -0.2) is 4.79 Å². The van der Waals surface area contributed by atoms with E-state index in [1.807, 2.05) is 0 Å². The largest absolute Gasteiger partial charge is 0.494 e. The summed E-state index contributed by atoms with van der Waals surface area (Å²) in [4.78, 5) is 23.7. The Bertz CT molecular complexity index is 793. The fraction of sp³-hybridized carbons (Fsp3) is 0.231. The van der Waals surface area contributed by atoms with E-state index in [1.54, 1.807) is 18.2 Å². The third kappa shape index (κ3) is 2.34. The van der Waals surface area contributed by atoms with Gasteiger partial charge in [-0.2, -0.15) is 0 Å². The van der Waals surface area contributed by atoms with Gasteiger partial charge in [-0.15, -0.1) is 0 Å². The van der Waals surface area contributed by atoms with Crippen LogP contribution in [-0.2, 0) is 20.5 Å². The molecule has 5 nitrogen and oxygen atoms in total. The molecule has 2 aromatic rings. The van der Waals surface area contributed by atoms with Crippen molar-refractivity contribution in [3.8, 4) is 5.88 Å². The van der Waals surface area contributed by atoms with Gasteiger partial charge in [-0.1, -0.05) is 35.3 Å². The molecule has 0 bridgehead atoms. The third-order valence-electron chi connectivity index (χ3n) is 3.12. The highest BCUT2D eigenvalue weighted by Crippen LogP contribution is 2.28. The van der Waals surface area contributed by atoms with Crippen LogP contribution in [-0.4, -0.2) is 14.2 Å². The summed E-state index contributed by atoms with van der Waals surface area (Å²) in [7, 11) is 2.74. The van der Waals surface area contributed by atoms with Gasteiger partial charge >= 0.3 is 5.69 Å². The zero-order chi connectivity index (χ0) is 15.0. The molecule has 1 N–H and O–H groups in total. The summed E-state index contributed by atoms with van der Waals surface area (Å²) < 4.78 is 1.95. The molecule has 0 saturated heterocycles. The molecule has 0 fully saturated rings. The van der Waals surface area contributed by atoms with Gasteiger partial charge in [0.1, 0.15) is 0 Å². The summed E-state index contributed by atoms with van der Waals surface area (Å²) in [6, 6.07) is 5.04. The Morgan fingerprint density at radius 1 is 1.15 bits per heavy atom. The van der Waals surface area contributed by atoms with Crippen molar-refractivity contribution in [2.45, 2.75) is 6.42 Å². The van der Waals surface area contributed by atoms with E-state index in [0.717, 1.165) is 9.13 Å². The first-order chi connectivity index (χ1) is 9.34. The lowest BCUT2D eigenvalue weighted by molar-refractivity contribution is 0.404. The molecule has 0 atom stereocenters. The topological polar surface area (TPSA) is 64.2 Å². The Labute approximate surface area is 124 Å². The second-order valence-electron chi connectivity index (χ2n) is 4.40. The van der Waals surface area contributed by atoms with Crippen LogP contribution < -0.4 is 11.2 Å². The van der Waals surface area contributed by atoms with Crippen molar-refractivity contribution < 1.29 is 5.11 Å². The van der Waals surface area contributed by atoms with Crippen LogP contribution in [0.15, 0.2) is 27.8 Å². The molecule has 1 heterocycles. The van der Waals surface area contributed by atoms with Gasteiger partial charge < -0.3 is 5.11 Å². The Kier molecular flexibility index (Phi) is 3.92. The lowest BCUT2D eigenvalue weighted by Gasteiger charge is -2.11. The fourth-order valence-electron chi connectivity index (χ4n) is 1.93. The van der Waals surface area contributed by atoms with Crippen LogP contribution in [0.25, 0.3) is 0 Å². The second-order valence-corrected chi connectivity index (χ2v) is 5.18. The number of benzene rings is 1. The van der Waals surface area contributed by atoms with Crippen molar-refractivity contribution in [1.29, 1.82) is 0 Å². The van der Waals surface area contributed by atoms with Crippen molar-refractivity contribution in [3.63, 3.8) is 0 Å². The number of hydrogen-bond acceptors (Lipinski definition) is 3. The Hall–Kier alpha value is -1.72. The zero-order valence-corrected chi connectivity index (χ0v) is 12.4. The second kappa shape index (κ2) is 5.34.